The minimum atomic E-state index is -4.71. The number of aliphatic hydroxyl groups is 1. The van der Waals surface area contributed by atoms with Crippen LogP contribution in [0.3, 0.4) is 0 Å². The molecule has 0 amide bonds. The van der Waals surface area contributed by atoms with Gasteiger partial charge < -0.3 is 14.8 Å². The molecular formula is C20H14F4N2O3. The van der Waals surface area contributed by atoms with Gasteiger partial charge in [0.1, 0.15) is 18.0 Å². The van der Waals surface area contributed by atoms with Crippen molar-refractivity contribution in [3.05, 3.63) is 70.7 Å². The van der Waals surface area contributed by atoms with Crippen LogP contribution in [0, 0.1) is 17.1 Å². The van der Waals surface area contributed by atoms with Gasteiger partial charge in [0.15, 0.2) is 0 Å². The predicted molar refractivity (Wildman–Crippen MR) is 94.3 cm³/mol. The standard InChI is InChI=1S/C20H14F4N2O3/c1-19(28,10-29-18(27)11-2-4-14(21)5-3-11)17-7-12-6-13(9-25)15(20(22,23)24)8-16(12)26-17/h2-8,26,28H,10H2,1H3. The normalized spacial score (nSPS) is 13.7. The zero-order valence-corrected chi connectivity index (χ0v) is 15.0. The van der Waals surface area contributed by atoms with Gasteiger partial charge in [0.2, 0.25) is 0 Å². The summed E-state index contributed by atoms with van der Waals surface area (Å²) in [5, 5.41) is 19.9. The highest BCUT2D eigenvalue weighted by Gasteiger charge is 2.35. The van der Waals surface area contributed by atoms with Crippen molar-refractivity contribution in [2.45, 2.75) is 18.7 Å². The number of aromatic amines is 1. The first kappa shape index (κ1) is 20.4. The van der Waals surface area contributed by atoms with E-state index in [0.717, 1.165) is 24.3 Å². The van der Waals surface area contributed by atoms with Gasteiger partial charge in [-0.25, -0.2) is 9.18 Å². The van der Waals surface area contributed by atoms with Crippen molar-refractivity contribution < 1.29 is 32.2 Å². The lowest BCUT2D eigenvalue weighted by molar-refractivity contribution is -0.137. The first-order valence-corrected chi connectivity index (χ1v) is 8.31. The molecule has 150 valence electrons. The second-order valence-electron chi connectivity index (χ2n) is 6.63. The summed E-state index contributed by atoms with van der Waals surface area (Å²) in [7, 11) is 0. The number of nitriles is 1. The lowest BCUT2D eigenvalue weighted by atomic mass is 10.0. The third-order valence-electron chi connectivity index (χ3n) is 4.33. The summed E-state index contributed by atoms with van der Waals surface area (Å²) in [5.74, 6) is -1.32. The molecule has 1 aromatic heterocycles. The Balaban J connectivity index is 1.85. The summed E-state index contributed by atoms with van der Waals surface area (Å²) in [6, 6.07) is 9.35. The van der Waals surface area contributed by atoms with E-state index in [1.807, 2.05) is 0 Å². The van der Waals surface area contributed by atoms with Crippen LogP contribution >= 0.6 is 0 Å². The maximum absolute atomic E-state index is 13.1. The Morgan fingerprint density at radius 2 is 1.86 bits per heavy atom. The smallest absolute Gasteiger partial charge is 0.417 e. The van der Waals surface area contributed by atoms with Gasteiger partial charge in [-0.1, -0.05) is 0 Å². The van der Waals surface area contributed by atoms with Crippen LogP contribution in [0.25, 0.3) is 10.9 Å². The fourth-order valence-electron chi connectivity index (χ4n) is 2.75. The lowest BCUT2D eigenvalue weighted by Gasteiger charge is -2.21. The topological polar surface area (TPSA) is 86.1 Å². The fraction of sp³-hybridized carbons (Fsp3) is 0.200. The molecule has 1 heterocycles. The average molecular weight is 406 g/mol. The zero-order valence-electron chi connectivity index (χ0n) is 15.0. The van der Waals surface area contributed by atoms with Gasteiger partial charge in [0, 0.05) is 10.9 Å². The third kappa shape index (κ3) is 4.22. The maximum atomic E-state index is 13.1. The molecule has 2 aromatic carbocycles. The number of esters is 1. The number of ether oxygens (including phenoxy) is 1. The monoisotopic (exact) mass is 406 g/mol. The molecule has 1 atom stereocenters. The summed E-state index contributed by atoms with van der Waals surface area (Å²) >= 11 is 0. The van der Waals surface area contributed by atoms with Crippen molar-refractivity contribution in [3.63, 3.8) is 0 Å². The Labute approximate surface area is 162 Å². The highest BCUT2D eigenvalue weighted by atomic mass is 19.4. The van der Waals surface area contributed by atoms with E-state index in [2.05, 4.69) is 4.98 Å². The summed E-state index contributed by atoms with van der Waals surface area (Å²) in [6.45, 7) is 0.804. The molecule has 9 heteroatoms. The average Bonchev–Trinajstić information content (AvgIpc) is 3.09. The number of nitrogens with zero attached hydrogens (tertiary/aromatic N) is 1. The van der Waals surface area contributed by atoms with Gasteiger partial charge in [-0.3, -0.25) is 0 Å². The van der Waals surface area contributed by atoms with Gasteiger partial charge >= 0.3 is 12.1 Å². The highest BCUT2D eigenvalue weighted by Crippen LogP contribution is 2.35. The van der Waals surface area contributed by atoms with Gasteiger partial charge in [0.25, 0.3) is 0 Å². The fourth-order valence-corrected chi connectivity index (χ4v) is 2.75. The highest BCUT2D eigenvalue weighted by molar-refractivity contribution is 5.89. The second-order valence-corrected chi connectivity index (χ2v) is 6.63. The molecule has 0 bridgehead atoms. The van der Waals surface area contributed by atoms with Crippen LogP contribution in [0.15, 0.2) is 42.5 Å². The van der Waals surface area contributed by atoms with Crippen LogP contribution in [0.2, 0.25) is 0 Å². The number of hydrogen-bond donors (Lipinski definition) is 2. The van der Waals surface area contributed by atoms with Crippen molar-refractivity contribution in [1.29, 1.82) is 5.26 Å². The summed E-state index contributed by atoms with van der Waals surface area (Å²) < 4.78 is 57.3. The Morgan fingerprint density at radius 3 is 2.45 bits per heavy atom. The second kappa shape index (κ2) is 7.22. The number of benzene rings is 2. The number of alkyl halides is 3. The predicted octanol–water partition coefficient (Wildman–Crippen LogP) is 4.26. The van der Waals surface area contributed by atoms with Crippen LogP contribution in [-0.2, 0) is 16.5 Å². The Morgan fingerprint density at radius 1 is 1.21 bits per heavy atom. The van der Waals surface area contributed by atoms with E-state index in [1.165, 1.54) is 31.2 Å². The van der Waals surface area contributed by atoms with Crippen molar-refractivity contribution in [2.24, 2.45) is 0 Å². The van der Waals surface area contributed by atoms with Gasteiger partial charge in [0.05, 0.1) is 28.5 Å². The largest absolute Gasteiger partial charge is 0.459 e. The van der Waals surface area contributed by atoms with Crippen molar-refractivity contribution in [2.75, 3.05) is 6.61 Å². The maximum Gasteiger partial charge on any atom is 0.417 e. The van der Waals surface area contributed by atoms with Gasteiger partial charge in [-0.15, -0.1) is 0 Å². The number of aromatic nitrogens is 1. The van der Waals surface area contributed by atoms with Gasteiger partial charge in [-0.2, -0.15) is 18.4 Å². The zero-order chi connectivity index (χ0) is 21.4. The molecule has 3 aromatic rings. The van der Waals surface area contributed by atoms with Crippen molar-refractivity contribution in [3.8, 4) is 6.07 Å². The molecule has 3 rings (SSSR count). The van der Waals surface area contributed by atoms with E-state index in [9.17, 15) is 27.5 Å². The third-order valence-corrected chi connectivity index (χ3v) is 4.33. The first-order chi connectivity index (χ1) is 13.5. The molecule has 0 saturated heterocycles. The number of H-pyrrole nitrogens is 1. The van der Waals surface area contributed by atoms with E-state index >= 15 is 0 Å². The molecule has 0 radical (unpaired) electrons. The molecular weight excluding hydrogens is 392 g/mol. The number of fused-ring (bicyclic) bond motifs is 1. The van der Waals surface area contributed by atoms with Crippen molar-refractivity contribution in [1.82, 2.24) is 4.98 Å². The number of nitrogens with one attached hydrogen (secondary N) is 1. The number of hydrogen-bond acceptors (Lipinski definition) is 4. The molecule has 0 aliphatic carbocycles. The molecule has 0 fully saturated rings. The molecule has 0 aliphatic rings. The van der Waals surface area contributed by atoms with E-state index in [0.29, 0.717) is 0 Å². The Kier molecular flexibility index (Phi) is 5.07. The van der Waals surface area contributed by atoms with E-state index in [-0.39, 0.29) is 22.2 Å². The van der Waals surface area contributed by atoms with Crippen LogP contribution in [0.4, 0.5) is 17.6 Å². The summed E-state index contributed by atoms with van der Waals surface area (Å²) in [5.41, 5.74) is -3.15. The van der Waals surface area contributed by atoms with E-state index < -0.39 is 41.3 Å². The van der Waals surface area contributed by atoms with E-state index in [4.69, 9.17) is 10.00 Å². The Hall–Kier alpha value is -3.38. The number of halogens is 4. The molecule has 2 N–H and O–H groups in total. The van der Waals surface area contributed by atoms with Gasteiger partial charge in [-0.05, 0) is 49.4 Å². The first-order valence-electron chi connectivity index (χ1n) is 8.31. The number of rotatable bonds is 4. The molecule has 0 saturated carbocycles. The van der Waals surface area contributed by atoms with Crippen molar-refractivity contribution >= 4 is 16.9 Å². The number of carbonyl (C=O) groups excluding carboxylic acids is 1. The molecule has 1 unspecified atom stereocenters. The molecule has 0 aliphatic heterocycles. The van der Waals surface area contributed by atoms with Crippen LogP contribution in [0.5, 0.6) is 0 Å². The van der Waals surface area contributed by atoms with Crippen LogP contribution in [-0.4, -0.2) is 22.7 Å². The van der Waals surface area contributed by atoms with E-state index in [1.54, 1.807) is 0 Å². The SMILES string of the molecule is CC(O)(COC(=O)c1ccc(F)cc1)c1cc2cc(C#N)c(C(F)(F)F)cc2[nH]1. The summed E-state index contributed by atoms with van der Waals surface area (Å²) in [4.78, 5) is 14.7. The van der Waals surface area contributed by atoms with Crippen LogP contribution < -0.4 is 0 Å². The molecule has 5 nitrogen and oxygen atoms in total. The summed E-state index contributed by atoms with van der Waals surface area (Å²) in [6.07, 6.45) is -4.71. The molecule has 0 spiro atoms. The lowest BCUT2D eigenvalue weighted by Crippen LogP contribution is -2.29. The quantitative estimate of drug-likeness (QED) is 0.501. The van der Waals surface area contributed by atoms with Crippen LogP contribution in [0.1, 0.15) is 34.1 Å². The number of carbonyl (C=O) groups is 1. The minimum Gasteiger partial charge on any atom is -0.459 e. The minimum absolute atomic E-state index is 0.0662. The Bertz CT molecular complexity index is 1110. The molecule has 29 heavy (non-hydrogen) atoms.